The van der Waals surface area contributed by atoms with E-state index in [0.717, 1.165) is 48.4 Å². The molecule has 0 unspecified atom stereocenters. The molecule has 0 saturated carbocycles. The van der Waals surface area contributed by atoms with E-state index in [-0.39, 0.29) is 5.91 Å². The summed E-state index contributed by atoms with van der Waals surface area (Å²) in [5, 5.41) is 9.96. The third-order valence-electron chi connectivity index (χ3n) is 4.88. The Morgan fingerprint density at radius 3 is 2.59 bits per heavy atom. The second-order valence-electron chi connectivity index (χ2n) is 7.31. The molecule has 3 rings (SSSR count). The third-order valence-corrected chi connectivity index (χ3v) is 5.83. The van der Waals surface area contributed by atoms with Crippen molar-refractivity contribution < 1.29 is 4.79 Å². The summed E-state index contributed by atoms with van der Waals surface area (Å²) in [6, 6.07) is 7.64. The molecule has 0 atom stereocenters. The van der Waals surface area contributed by atoms with Gasteiger partial charge in [-0.15, -0.1) is 11.3 Å². The van der Waals surface area contributed by atoms with Gasteiger partial charge in [-0.1, -0.05) is 12.1 Å². The first-order chi connectivity index (χ1) is 14.1. The van der Waals surface area contributed by atoms with Crippen molar-refractivity contribution >= 4 is 28.3 Å². The molecule has 7 nitrogen and oxygen atoms in total. The second-order valence-corrected chi connectivity index (χ2v) is 8.15. The predicted molar refractivity (Wildman–Crippen MR) is 120 cm³/mol. The number of hydrogen-bond acceptors (Lipinski definition) is 5. The van der Waals surface area contributed by atoms with Gasteiger partial charge < -0.3 is 20.4 Å². The van der Waals surface area contributed by atoms with Crippen molar-refractivity contribution in [2.75, 3.05) is 45.7 Å². The number of carbonyl (C=O) groups is 1. The van der Waals surface area contributed by atoms with Crippen LogP contribution >= 0.6 is 11.3 Å². The molecular weight excluding hydrogens is 384 g/mol. The molecule has 1 saturated heterocycles. The van der Waals surface area contributed by atoms with Crippen molar-refractivity contribution in [1.29, 1.82) is 0 Å². The smallest absolute Gasteiger partial charge is 0.253 e. The highest BCUT2D eigenvalue weighted by Crippen LogP contribution is 2.24. The first-order valence-corrected chi connectivity index (χ1v) is 10.9. The molecule has 2 N–H and O–H groups in total. The quantitative estimate of drug-likeness (QED) is 0.538. The molecule has 1 aliphatic heterocycles. The Morgan fingerprint density at radius 1 is 1.21 bits per heavy atom. The number of thiazole rings is 1. The number of hydrogen-bond donors (Lipinski definition) is 2. The van der Waals surface area contributed by atoms with Crippen LogP contribution in [0.4, 0.5) is 5.13 Å². The molecule has 0 radical (unpaired) electrons. The van der Waals surface area contributed by atoms with Gasteiger partial charge in [0.1, 0.15) is 0 Å². The van der Waals surface area contributed by atoms with Crippen LogP contribution in [-0.4, -0.2) is 62.5 Å². The minimum Gasteiger partial charge on any atom is -0.356 e. The summed E-state index contributed by atoms with van der Waals surface area (Å²) in [5.74, 6) is 0.769. The Hall–Kier alpha value is -2.61. The minimum absolute atomic E-state index is 0.0110. The Kier molecular flexibility index (Phi) is 7.46. The maximum atomic E-state index is 12.0. The van der Waals surface area contributed by atoms with Crippen molar-refractivity contribution in [3.8, 4) is 0 Å². The Labute approximate surface area is 176 Å². The molecule has 1 aromatic carbocycles. The van der Waals surface area contributed by atoms with Crippen molar-refractivity contribution in [2.24, 2.45) is 4.99 Å². The zero-order valence-electron chi connectivity index (χ0n) is 17.4. The van der Waals surface area contributed by atoms with Gasteiger partial charge in [-0.3, -0.25) is 9.79 Å². The van der Waals surface area contributed by atoms with E-state index < -0.39 is 0 Å². The lowest BCUT2D eigenvalue weighted by atomic mass is 10.1. The van der Waals surface area contributed by atoms with Crippen LogP contribution in [0.5, 0.6) is 0 Å². The van der Waals surface area contributed by atoms with Gasteiger partial charge in [0, 0.05) is 64.7 Å². The molecule has 1 amide bonds. The Morgan fingerprint density at radius 2 is 1.93 bits per heavy atom. The molecule has 0 spiro atoms. The van der Waals surface area contributed by atoms with E-state index in [2.05, 4.69) is 25.9 Å². The first kappa shape index (κ1) is 21.1. The molecule has 0 aliphatic carbocycles. The van der Waals surface area contributed by atoms with E-state index >= 15 is 0 Å². The zero-order chi connectivity index (χ0) is 20.6. The van der Waals surface area contributed by atoms with Gasteiger partial charge >= 0.3 is 0 Å². The third kappa shape index (κ3) is 5.93. The summed E-state index contributed by atoms with van der Waals surface area (Å²) in [6.07, 6.45) is 3.41. The average molecular weight is 415 g/mol. The number of guanidine groups is 1. The molecule has 1 aromatic heterocycles. The van der Waals surface area contributed by atoms with Gasteiger partial charge in [-0.2, -0.15) is 0 Å². The number of amides is 1. The fourth-order valence-electron chi connectivity index (χ4n) is 3.20. The first-order valence-electron chi connectivity index (χ1n) is 10.0. The minimum atomic E-state index is 0.0110. The summed E-state index contributed by atoms with van der Waals surface area (Å²) < 4.78 is 0. The number of aromatic nitrogens is 1. The van der Waals surface area contributed by atoms with Crippen LogP contribution in [0.2, 0.25) is 0 Å². The number of anilines is 1. The molecule has 1 aliphatic rings. The van der Waals surface area contributed by atoms with E-state index in [4.69, 9.17) is 4.98 Å². The number of aliphatic imine (C=N–C) groups is 1. The number of carbonyl (C=O) groups excluding carboxylic acids is 1. The van der Waals surface area contributed by atoms with Gasteiger partial charge in [0.05, 0.1) is 5.69 Å². The van der Waals surface area contributed by atoms with Gasteiger partial charge in [-0.25, -0.2) is 4.98 Å². The van der Waals surface area contributed by atoms with Gasteiger partial charge in [0.15, 0.2) is 11.1 Å². The summed E-state index contributed by atoms with van der Waals surface area (Å²) in [6.45, 7) is 3.68. The maximum absolute atomic E-state index is 12.0. The maximum Gasteiger partial charge on any atom is 0.253 e. The lowest BCUT2D eigenvalue weighted by Gasteiger charge is -2.13. The van der Waals surface area contributed by atoms with Crippen molar-refractivity contribution in [3.05, 3.63) is 46.5 Å². The second kappa shape index (κ2) is 10.2. The van der Waals surface area contributed by atoms with Gasteiger partial charge in [0.25, 0.3) is 5.91 Å². The zero-order valence-corrected chi connectivity index (χ0v) is 18.3. The molecule has 156 valence electrons. The van der Waals surface area contributed by atoms with Crippen molar-refractivity contribution in [2.45, 2.75) is 25.8 Å². The molecule has 8 heteroatoms. The van der Waals surface area contributed by atoms with Crippen molar-refractivity contribution in [3.63, 3.8) is 0 Å². The molecule has 2 aromatic rings. The average Bonchev–Trinajstić information content (AvgIpc) is 3.42. The highest BCUT2D eigenvalue weighted by atomic mass is 32.1. The fraction of sp³-hybridized carbons (Fsp3) is 0.476. The summed E-state index contributed by atoms with van der Waals surface area (Å²) in [4.78, 5) is 24.9. The highest BCUT2D eigenvalue weighted by Gasteiger charge is 2.15. The molecule has 1 fully saturated rings. The molecule has 29 heavy (non-hydrogen) atoms. The number of rotatable bonds is 7. The van der Waals surface area contributed by atoms with Crippen LogP contribution in [0.3, 0.4) is 0 Å². The van der Waals surface area contributed by atoms with Crippen molar-refractivity contribution in [1.82, 2.24) is 20.5 Å². The Balaban J connectivity index is 1.42. The lowest BCUT2D eigenvalue weighted by Crippen LogP contribution is -2.37. The van der Waals surface area contributed by atoms with Crippen LogP contribution < -0.4 is 15.5 Å². The largest absolute Gasteiger partial charge is 0.356 e. The normalized spacial score (nSPS) is 14.2. The van der Waals surface area contributed by atoms with E-state index in [1.54, 1.807) is 37.4 Å². The SMILES string of the molecule is CN=C(NCCc1csc(N2CCCC2)n1)NCc1ccc(C(=O)N(C)C)cc1. The monoisotopic (exact) mass is 414 g/mol. The number of nitrogens with zero attached hydrogens (tertiary/aromatic N) is 4. The molecule has 2 heterocycles. The lowest BCUT2D eigenvalue weighted by molar-refractivity contribution is 0.0827. The van der Waals surface area contributed by atoms with Gasteiger partial charge in [0.2, 0.25) is 0 Å². The van der Waals surface area contributed by atoms with E-state index in [1.165, 1.54) is 12.8 Å². The van der Waals surface area contributed by atoms with E-state index in [9.17, 15) is 4.79 Å². The molecule has 0 bridgehead atoms. The summed E-state index contributed by atoms with van der Waals surface area (Å²) in [5.41, 5.74) is 2.91. The highest BCUT2D eigenvalue weighted by molar-refractivity contribution is 7.13. The standard InChI is InChI=1S/C21H30N6OS/c1-22-20(24-14-16-6-8-17(9-7-16)19(28)26(2)3)23-11-10-18-15-29-21(25-18)27-12-4-5-13-27/h6-9,15H,4-5,10-14H2,1-3H3,(H2,22,23,24). The summed E-state index contributed by atoms with van der Waals surface area (Å²) >= 11 is 1.74. The van der Waals surface area contributed by atoms with Crippen LogP contribution in [0.1, 0.15) is 34.5 Å². The Bertz CT molecular complexity index is 824. The van der Waals surface area contributed by atoms with Crippen LogP contribution in [0.25, 0.3) is 0 Å². The molecular formula is C21H30N6OS. The van der Waals surface area contributed by atoms with Crippen LogP contribution in [0.15, 0.2) is 34.6 Å². The van der Waals surface area contributed by atoms with E-state index in [0.29, 0.717) is 12.1 Å². The van der Waals surface area contributed by atoms with E-state index in [1.807, 2.05) is 24.3 Å². The number of benzene rings is 1. The number of nitrogens with one attached hydrogen (secondary N) is 2. The van der Waals surface area contributed by atoms with Crippen LogP contribution in [-0.2, 0) is 13.0 Å². The topological polar surface area (TPSA) is 72.9 Å². The van der Waals surface area contributed by atoms with Crippen LogP contribution in [0, 0.1) is 0 Å². The summed E-state index contributed by atoms with van der Waals surface area (Å²) in [7, 11) is 5.28. The fourth-order valence-corrected chi connectivity index (χ4v) is 4.12. The predicted octanol–water partition coefficient (Wildman–Crippen LogP) is 2.35. The van der Waals surface area contributed by atoms with Gasteiger partial charge in [-0.05, 0) is 30.5 Å².